The van der Waals surface area contributed by atoms with Crippen molar-refractivity contribution in [1.82, 2.24) is 0 Å². The molecule has 2 saturated heterocycles. The third kappa shape index (κ3) is 1.42. The van der Waals surface area contributed by atoms with Crippen LogP contribution >= 0.6 is 23.2 Å². The molecule has 0 aromatic carbocycles. The van der Waals surface area contributed by atoms with E-state index in [4.69, 9.17) is 23.2 Å². The third-order valence-electron chi connectivity index (χ3n) is 2.86. The first-order valence-corrected chi connectivity index (χ1v) is 6.52. The summed E-state index contributed by atoms with van der Waals surface area (Å²) >= 11 is 12.2. The molecule has 2 aliphatic heterocycles. The molecule has 2 aliphatic rings. The number of alkyl halides is 2. The molecule has 1 nitrogen and oxygen atoms in total. The van der Waals surface area contributed by atoms with E-state index >= 15 is 0 Å². The van der Waals surface area contributed by atoms with Crippen molar-refractivity contribution in [3.05, 3.63) is 0 Å². The zero-order chi connectivity index (χ0) is 8.72. The van der Waals surface area contributed by atoms with E-state index in [9.17, 15) is 4.21 Å². The molecule has 70 valence electrons. The monoisotopic (exact) mass is 226 g/mol. The lowest BCUT2D eigenvalue weighted by molar-refractivity contribution is 0.474. The van der Waals surface area contributed by atoms with Crippen molar-refractivity contribution >= 4 is 34.0 Å². The summed E-state index contributed by atoms with van der Waals surface area (Å²) in [5.41, 5.74) is 0. The molecule has 0 spiro atoms. The van der Waals surface area contributed by atoms with E-state index in [0.717, 1.165) is 25.7 Å². The van der Waals surface area contributed by atoms with Gasteiger partial charge < -0.3 is 0 Å². The van der Waals surface area contributed by atoms with E-state index in [1.54, 1.807) is 0 Å². The third-order valence-corrected chi connectivity index (χ3v) is 6.52. The highest BCUT2D eigenvalue weighted by atomic mass is 35.5. The first-order valence-electron chi connectivity index (χ1n) is 4.37. The maximum absolute atomic E-state index is 11.8. The SMILES string of the molecule is O=S1[C@@H]2CC[C@@H](Cl)[C@H]1CC[C@H]2Cl. The van der Waals surface area contributed by atoms with Gasteiger partial charge in [0.15, 0.2) is 0 Å². The molecular weight excluding hydrogens is 215 g/mol. The van der Waals surface area contributed by atoms with Crippen LogP contribution in [0.15, 0.2) is 0 Å². The Balaban J connectivity index is 2.18. The Morgan fingerprint density at radius 2 is 1.33 bits per heavy atom. The lowest BCUT2D eigenvalue weighted by Gasteiger charge is -2.39. The topological polar surface area (TPSA) is 17.1 Å². The Bertz CT molecular complexity index is 189. The Morgan fingerprint density at radius 3 is 1.75 bits per heavy atom. The first-order chi connectivity index (χ1) is 5.70. The van der Waals surface area contributed by atoms with Gasteiger partial charge in [-0.05, 0) is 25.7 Å². The van der Waals surface area contributed by atoms with Crippen molar-refractivity contribution < 1.29 is 4.21 Å². The zero-order valence-corrected chi connectivity index (χ0v) is 9.04. The quantitative estimate of drug-likeness (QED) is 0.580. The number of fused-ring (bicyclic) bond motifs is 2. The highest BCUT2D eigenvalue weighted by molar-refractivity contribution is 7.86. The molecule has 0 aliphatic carbocycles. The van der Waals surface area contributed by atoms with Crippen molar-refractivity contribution in [2.75, 3.05) is 0 Å². The molecule has 0 aromatic heterocycles. The molecule has 2 heterocycles. The molecule has 0 aromatic rings. The van der Waals surface area contributed by atoms with Crippen LogP contribution in [0.1, 0.15) is 25.7 Å². The summed E-state index contributed by atoms with van der Waals surface area (Å²) in [7, 11) is -0.760. The van der Waals surface area contributed by atoms with Crippen LogP contribution in [0.2, 0.25) is 0 Å². The minimum absolute atomic E-state index is 0.131. The second-order valence-electron chi connectivity index (χ2n) is 3.59. The van der Waals surface area contributed by atoms with Crippen LogP contribution in [0.4, 0.5) is 0 Å². The molecule has 2 rings (SSSR count). The zero-order valence-electron chi connectivity index (χ0n) is 6.71. The Kier molecular flexibility index (Phi) is 2.69. The molecular formula is C8H12Cl2OS. The van der Waals surface area contributed by atoms with Crippen LogP contribution < -0.4 is 0 Å². The number of halogens is 2. The van der Waals surface area contributed by atoms with Crippen LogP contribution in [-0.4, -0.2) is 25.5 Å². The molecule has 2 fully saturated rings. The summed E-state index contributed by atoms with van der Waals surface area (Å²) in [5, 5.41) is 0.707. The van der Waals surface area contributed by atoms with Crippen molar-refractivity contribution in [2.24, 2.45) is 0 Å². The van der Waals surface area contributed by atoms with Gasteiger partial charge in [0, 0.05) is 21.6 Å². The summed E-state index contributed by atoms with van der Waals surface area (Å²) in [6, 6.07) is 0. The summed E-state index contributed by atoms with van der Waals surface area (Å²) in [6.45, 7) is 0. The van der Waals surface area contributed by atoms with Gasteiger partial charge in [0.05, 0.1) is 10.5 Å². The Morgan fingerprint density at radius 1 is 0.917 bits per heavy atom. The standard InChI is InChI=1S/C8H12Cl2OS/c9-5-1-3-7-6(10)2-4-8(5)12(7)11/h5-8H,1-4H2/t5-,6-,7-,8-/m1/s1. The number of hydrogen-bond acceptors (Lipinski definition) is 1. The molecule has 0 amide bonds. The van der Waals surface area contributed by atoms with Gasteiger partial charge in [-0.3, -0.25) is 4.21 Å². The van der Waals surface area contributed by atoms with Crippen LogP contribution in [0, 0.1) is 0 Å². The van der Waals surface area contributed by atoms with Crippen molar-refractivity contribution in [2.45, 2.75) is 46.9 Å². The van der Waals surface area contributed by atoms with Gasteiger partial charge in [0.1, 0.15) is 0 Å². The van der Waals surface area contributed by atoms with Crippen molar-refractivity contribution in [3.63, 3.8) is 0 Å². The predicted molar refractivity (Wildman–Crippen MR) is 53.5 cm³/mol. The molecule has 0 N–H and O–H groups in total. The molecule has 0 radical (unpaired) electrons. The van der Waals surface area contributed by atoms with E-state index in [0.29, 0.717) is 0 Å². The molecule has 0 saturated carbocycles. The first kappa shape index (κ1) is 9.29. The summed E-state index contributed by atoms with van der Waals surface area (Å²) in [6.07, 6.45) is 3.88. The summed E-state index contributed by atoms with van der Waals surface area (Å²) < 4.78 is 11.8. The lowest BCUT2D eigenvalue weighted by atomic mass is 9.98. The van der Waals surface area contributed by atoms with Gasteiger partial charge in [-0.15, -0.1) is 23.2 Å². The second kappa shape index (κ2) is 3.47. The van der Waals surface area contributed by atoms with Crippen LogP contribution in [-0.2, 0) is 10.8 Å². The average Bonchev–Trinajstić information content (AvgIpc) is 2.01. The Labute approximate surface area is 85.3 Å². The molecule has 2 bridgehead atoms. The average molecular weight is 227 g/mol. The number of hydrogen-bond donors (Lipinski definition) is 0. The van der Waals surface area contributed by atoms with Gasteiger partial charge in [-0.2, -0.15) is 0 Å². The maximum Gasteiger partial charge on any atom is 0.0515 e. The van der Waals surface area contributed by atoms with E-state index < -0.39 is 10.8 Å². The van der Waals surface area contributed by atoms with Crippen LogP contribution in [0.25, 0.3) is 0 Å². The largest absolute Gasteiger partial charge is 0.259 e. The van der Waals surface area contributed by atoms with Gasteiger partial charge in [0.2, 0.25) is 0 Å². The van der Waals surface area contributed by atoms with Crippen LogP contribution in [0.5, 0.6) is 0 Å². The summed E-state index contributed by atoms with van der Waals surface area (Å²) in [4.78, 5) is 0. The molecule has 4 atom stereocenters. The molecule has 4 heteroatoms. The van der Waals surface area contributed by atoms with Crippen molar-refractivity contribution in [3.8, 4) is 0 Å². The van der Waals surface area contributed by atoms with Gasteiger partial charge in [0.25, 0.3) is 0 Å². The fourth-order valence-corrected chi connectivity index (χ4v) is 5.28. The minimum atomic E-state index is -0.760. The summed E-state index contributed by atoms with van der Waals surface area (Å²) in [5.74, 6) is 0. The van der Waals surface area contributed by atoms with E-state index in [1.807, 2.05) is 0 Å². The van der Waals surface area contributed by atoms with E-state index in [1.165, 1.54) is 0 Å². The number of rotatable bonds is 0. The smallest absolute Gasteiger partial charge is 0.0515 e. The molecule has 12 heavy (non-hydrogen) atoms. The normalized spacial score (nSPS) is 53.7. The predicted octanol–water partition coefficient (Wildman–Crippen LogP) is 2.27. The fourth-order valence-electron chi connectivity index (χ4n) is 2.13. The maximum atomic E-state index is 11.8. The minimum Gasteiger partial charge on any atom is -0.259 e. The highest BCUT2D eigenvalue weighted by Crippen LogP contribution is 2.38. The van der Waals surface area contributed by atoms with Gasteiger partial charge in [-0.25, -0.2) is 0 Å². The highest BCUT2D eigenvalue weighted by Gasteiger charge is 2.42. The van der Waals surface area contributed by atoms with Gasteiger partial charge >= 0.3 is 0 Å². The lowest BCUT2D eigenvalue weighted by Crippen LogP contribution is -2.47. The fraction of sp³-hybridized carbons (Fsp3) is 1.00. The second-order valence-corrected chi connectivity index (χ2v) is 6.58. The Hall–Kier alpha value is 0.730. The van der Waals surface area contributed by atoms with E-state index in [2.05, 4.69) is 0 Å². The van der Waals surface area contributed by atoms with Crippen LogP contribution in [0.3, 0.4) is 0 Å². The van der Waals surface area contributed by atoms with E-state index in [-0.39, 0.29) is 21.3 Å². The molecule has 0 unspecified atom stereocenters. The van der Waals surface area contributed by atoms with Gasteiger partial charge in [-0.1, -0.05) is 0 Å². The van der Waals surface area contributed by atoms with Crippen molar-refractivity contribution in [1.29, 1.82) is 0 Å².